The number of carbonyl (C=O) groups excluding carboxylic acids is 1. The first-order valence-electron chi connectivity index (χ1n) is 5.95. The van der Waals surface area contributed by atoms with Gasteiger partial charge in [0, 0.05) is 12.0 Å². The van der Waals surface area contributed by atoms with E-state index in [2.05, 4.69) is 0 Å². The Bertz CT molecular complexity index is 452. The molecule has 1 aromatic carbocycles. The highest BCUT2D eigenvalue weighted by atomic mass is 19.1. The van der Waals surface area contributed by atoms with E-state index in [0.717, 1.165) is 0 Å². The first-order valence-corrected chi connectivity index (χ1v) is 5.95. The number of benzene rings is 1. The number of amides is 1. The van der Waals surface area contributed by atoms with E-state index >= 15 is 0 Å². The van der Waals surface area contributed by atoms with Crippen LogP contribution in [-0.2, 0) is 11.3 Å². The molecule has 18 heavy (non-hydrogen) atoms. The molecule has 1 amide bonds. The Morgan fingerprint density at radius 3 is 2.89 bits per heavy atom. The van der Waals surface area contributed by atoms with Crippen LogP contribution in [0.4, 0.5) is 9.18 Å². The molecule has 1 fully saturated rings. The summed E-state index contributed by atoms with van der Waals surface area (Å²) < 4.78 is 18.8. The van der Waals surface area contributed by atoms with E-state index in [4.69, 9.17) is 10.5 Å². The topological polar surface area (TPSA) is 55.6 Å². The van der Waals surface area contributed by atoms with Crippen molar-refractivity contribution in [1.82, 2.24) is 4.90 Å². The lowest BCUT2D eigenvalue weighted by atomic mass is 10.0. The van der Waals surface area contributed by atoms with Gasteiger partial charge in [0.05, 0.1) is 13.1 Å². The SMILES string of the molecule is CC1(CCN)CN(Cc2ccccc2F)C(=O)O1. The van der Waals surface area contributed by atoms with Gasteiger partial charge < -0.3 is 10.5 Å². The lowest BCUT2D eigenvalue weighted by Crippen LogP contribution is -2.33. The number of halogens is 1. The van der Waals surface area contributed by atoms with Crippen LogP contribution in [0.25, 0.3) is 0 Å². The Hall–Kier alpha value is -1.62. The van der Waals surface area contributed by atoms with E-state index < -0.39 is 11.7 Å². The van der Waals surface area contributed by atoms with E-state index in [1.54, 1.807) is 18.2 Å². The quantitative estimate of drug-likeness (QED) is 0.890. The molecule has 4 nitrogen and oxygen atoms in total. The number of nitrogens with two attached hydrogens (primary N) is 1. The summed E-state index contributed by atoms with van der Waals surface area (Å²) in [6.07, 6.45) is 0.196. The zero-order chi connectivity index (χ0) is 13.2. The number of cyclic esters (lactones) is 1. The Kier molecular flexibility index (Phi) is 3.52. The molecular formula is C13H17FN2O2. The van der Waals surface area contributed by atoms with Crippen LogP contribution in [0.15, 0.2) is 24.3 Å². The third-order valence-corrected chi connectivity index (χ3v) is 3.11. The van der Waals surface area contributed by atoms with Crippen LogP contribution < -0.4 is 5.73 Å². The number of hydrogen-bond acceptors (Lipinski definition) is 3. The highest BCUT2D eigenvalue weighted by molar-refractivity contribution is 5.70. The van der Waals surface area contributed by atoms with Gasteiger partial charge in [-0.3, -0.25) is 4.90 Å². The zero-order valence-corrected chi connectivity index (χ0v) is 10.4. The van der Waals surface area contributed by atoms with Gasteiger partial charge in [0.15, 0.2) is 0 Å². The molecule has 0 saturated carbocycles. The van der Waals surface area contributed by atoms with Crippen LogP contribution in [0.3, 0.4) is 0 Å². The van der Waals surface area contributed by atoms with Crippen molar-refractivity contribution in [2.75, 3.05) is 13.1 Å². The summed E-state index contributed by atoms with van der Waals surface area (Å²) in [5.41, 5.74) is 5.42. The fourth-order valence-corrected chi connectivity index (χ4v) is 2.16. The number of hydrogen-bond donors (Lipinski definition) is 1. The summed E-state index contributed by atoms with van der Waals surface area (Å²) in [7, 11) is 0. The van der Waals surface area contributed by atoms with Crippen LogP contribution in [-0.4, -0.2) is 29.7 Å². The minimum Gasteiger partial charge on any atom is -0.441 e. The third-order valence-electron chi connectivity index (χ3n) is 3.11. The molecule has 0 radical (unpaired) electrons. The molecule has 5 heteroatoms. The number of ether oxygens (including phenoxy) is 1. The lowest BCUT2D eigenvalue weighted by Gasteiger charge is -2.20. The van der Waals surface area contributed by atoms with Crippen molar-refractivity contribution in [2.45, 2.75) is 25.5 Å². The molecule has 1 aromatic rings. The van der Waals surface area contributed by atoms with E-state index in [1.807, 2.05) is 6.92 Å². The Balaban J connectivity index is 2.07. The zero-order valence-electron chi connectivity index (χ0n) is 10.4. The van der Waals surface area contributed by atoms with Crippen LogP contribution in [0.1, 0.15) is 18.9 Å². The molecule has 0 spiro atoms. The van der Waals surface area contributed by atoms with Crippen molar-refractivity contribution in [2.24, 2.45) is 5.73 Å². The predicted molar refractivity (Wildman–Crippen MR) is 65.4 cm³/mol. The first kappa shape index (κ1) is 12.8. The van der Waals surface area contributed by atoms with Crippen LogP contribution >= 0.6 is 0 Å². The van der Waals surface area contributed by atoms with Gasteiger partial charge in [-0.15, -0.1) is 0 Å². The second kappa shape index (κ2) is 4.94. The van der Waals surface area contributed by atoms with E-state index in [1.165, 1.54) is 11.0 Å². The number of rotatable bonds is 4. The average Bonchev–Trinajstić information content (AvgIpc) is 2.57. The standard InChI is InChI=1S/C13H17FN2O2/c1-13(6-7-15)9-16(12(17)18-13)8-10-4-2-3-5-11(10)14/h2-5H,6-9,15H2,1H3. The molecule has 0 aliphatic carbocycles. The van der Waals surface area contributed by atoms with Crippen LogP contribution in [0.2, 0.25) is 0 Å². The summed E-state index contributed by atoms with van der Waals surface area (Å²) in [5.74, 6) is -0.308. The van der Waals surface area contributed by atoms with Gasteiger partial charge in [0.1, 0.15) is 11.4 Å². The molecule has 1 aliphatic heterocycles. The molecule has 2 N–H and O–H groups in total. The molecular weight excluding hydrogens is 235 g/mol. The Morgan fingerprint density at radius 2 is 2.22 bits per heavy atom. The highest BCUT2D eigenvalue weighted by Gasteiger charge is 2.40. The fourth-order valence-electron chi connectivity index (χ4n) is 2.16. The molecule has 98 valence electrons. The molecule has 1 heterocycles. The molecule has 0 bridgehead atoms. The Labute approximate surface area is 106 Å². The molecule has 1 unspecified atom stereocenters. The maximum Gasteiger partial charge on any atom is 0.410 e. The maximum absolute atomic E-state index is 13.5. The van der Waals surface area contributed by atoms with Gasteiger partial charge in [0.25, 0.3) is 0 Å². The van der Waals surface area contributed by atoms with Crippen molar-refractivity contribution in [3.63, 3.8) is 0 Å². The third kappa shape index (κ3) is 2.61. The van der Waals surface area contributed by atoms with Gasteiger partial charge in [-0.05, 0) is 19.5 Å². The monoisotopic (exact) mass is 252 g/mol. The largest absolute Gasteiger partial charge is 0.441 e. The van der Waals surface area contributed by atoms with Crippen molar-refractivity contribution in [3.8, 4) is 0 Å². The molecule has 1 atom stereocenters. The number of carbonyl (C=O) groups is 1. The molecule has 1 aliphatic rings. The van der Waals surface area contributed by atoms with Gasteiger partial charge >= 0.3 is 6.09 Å². The maximum atomic E-state index is 13.5. The van der Waals surface area contributed by atoms with Crippen molar-refractivity contribution >= 4 is 6.09 Å². The first-order chi connectivity index (χ1) is 8.54. The summed E-state index contributed by atoms with van der Waals surface area (Å²) in [6, 6.07) is 6.43. The van der Waals surface area contributed by atoms with Crippen molar-refractivity contribution in [3.05, 3.63) is 35.6 Å². The summed E-state index contributed by atoms with van der Waals surface area (Å²) in [5, 5.41) is 0. The number of nitrogens with zero attached hydrogens (tertiary/aromatic N) is 1. The smallest absolute Gasteiger partial charge is 0.410 e. The highest BCUT2D eigenvalue weighted by Crippen LogP contribution is 2.27. The second-order valence-electron chi connectivity index (χ2n) is 4.80. The lowest BCUT2D eigenvalue weighted by molar-refractivity contribution is 0.0669. The fraction of sp³-hybridized carbons (Fsp3) is 0.462. The van der Waals surface area contributed by atoms with Crippen molar-refractivity contribution in [1.29, 1.82) is 0 Å². The average molecular weight is 252 g/mol. The van der Waals surface area contributed by atoms with Crippen molar-refractivity contribution < 1.29 is 13.9 Å². The van der Waals surface area contributed by atoms with Gasteiger partial charge in [-0.25, -0.2) is 9.18 Å². The summed E-state index contributed by atoms with van der Waals surface area (Å²) in [6.45, 7) is 2.97. The van der Waals surface area contributed by atoms with Gasteiger partial charge in [-0.1, -0.05) is 18.2 Å². The minimum atomic E-state index is -0.558. The van der Waals surface area contributed by atoms with Gasteiger partial charge in [0.2, 0.25) is 0 Å². The second-order valence-corrected chi connectivity index (χ2v) is 4.80. The van der Waals surface area contributed by atoms with E-state index in [-0.39, 0.29) is 12.4 Å². The molecule has 1 saturated heterocycles. The normalized spacial score (nSPS) is 23.3. The molecule has 0 aromatic heterocycles. The summed E-state index contributed by atoms with van der Waals surface area (Å²) >= 11 is 0. The molecule has 2 rings (SSSR count). The van der Waals surface area contributed by atoms with Crippen LogP contribution in [0, 0.1) is 5.82 Å². The minimum absolute atomic E-state index is 0.228. The summed E-state index contributed by atoms with van der Waals surface area (Å²) in [4.78, 5) is 13.2. The predicted octanol–water partition coefficient (Wildman–Crippen LogP) is 1.89. The van der Waals surface area contributed by atoms with E-state index in [9.17, 15) is 9.18 Å². The van der Waals surface area contributed by atoms with E-state index in [0.29, 0.717) is 25.1 Å². The van der Waals surface area contributed by atoms with Crippen LogP contribution in [0.5, 0.6) is 0 Å². The van der Waals surface area contributed by atoms with Gasteiger partial charge in [-0.2, -0.15) is 0 Å². The Morgan fingerprint density at radius 1 is 1.50 bits per heavy atom.